The zero-order chi connectivity index (χ0) is 18.3. The van der Waals surface area contributed by atoms with Crippen molar-refractivity contribution in [3.05, 3.63) is 58.3 Å². The lowest BCUT2D eigenvalue weighted by Crippen LogP contribution is -1.89. The van der Waals surface area contributed by atoms with Crippen LogP contribution in [0.4, 0.5) is 0 Å². The lowest BCUT2D eigenvalue weighted by Gasteiger charge is -1.92. The van der Waals surface area contributed by atoms with Gasteiger partial charge < -0.3 is 10.2 Å². The summed E-state index contributed by atoms with van der Waals surface area (Å²) in [5.74, 6) is -1.81. The van der Waals surface area contributed by atoms with Crippen molar-refractivity contribution in [3.8, 4) is 29.3 Å². The molecule has 0 amide bonds. The van der Waals surface area contributed by atoms with Gasteiger partial charge in [0.2, 0.25) is 0 Å². The minimum Gasteiger partial charge on any atom is -0.477 e. The van der Waals surface area contributed by atoms with Crippen LogP contribution >= 0.6 is 45.3 Å². The van der Waals surface area contributed by atoms with E-state index in [0.717, 1.165) is 29.3 Å². The monoisotopic (exact) mass is 418 g/mol. The maximum Gasteiger partial charge on any atom is 0.345 e. The minimum absolute atomic E-state index is 0.334. The Hall–Kier alpha value is -2.26. The van der Waals surface area contributed by atoms with E-state index in [1.54, 1.807) is 34.8 Å². The largest absolute Gasteiger partial charge is 0.477 e. The van der Waals surface area contributed by atoms with E-state index < -0.39 is 11.9 Å². The Kier molecular flexibility index (Phi) is 4.49. The highest BCUT2D eigenvalue weighted by atomic mass is 32.1. The van der Waals surface area contributed by atoms with Gasteiger partial charge in [0.15, 0.2) is 0 Å². The summed E-state index contributed by atoms with van der Waals surface area (Å²) in [7, 11) is 0. The molecule has 0 aliphatic rings. The third-order valence-electron chi connectivity index (χ3n) is 3.57. The Bertz CT molecular complexity index is 1020. The lowest BCUT2D eigenvalue weighted by molar-refractivity contribution is 0.0691. The quantitative estimate of drug-likeness (QED) is 0.397. The van der Waals surface area contributed by atoms with Crippen molar-refractivity contribution >= 4 is 57.3 Å². The van der Waals surface area contributed by atoms with Crippen LogP contribution in [0.15, 0.2) is 48.5 Å². The van der Waals surface area contributed by atoms with Crippen molar-refractivity contribution in [1.82, 2.24) is 0 Å². The normalized spacial score (nSPS) is 10.9. The molecule has 0 aliphatic heterocycles. The Balaban J connectivity index is 1.60. The first-order chi connectivity index (χ1) is 12.5. The lowest BCUT2D eigenvalue weighted by atomic mass is 10.3. The Morgan fingerprint density at radius 3 is 1.04 bits per heavy atom. The van der Waals surface area contributed by atoms with Gasteiger partial charge in [-0.2, -0.15) is 0 Å². The molecule has 0 atom stereocenters. The molecule has 4 aromatic rings. The molecule has 2 N–H and O–H groups in total. The van der Waals surface area contributed by atoms with Crippen molar-refractivity contribution in [2.24, 2.45) is 0 Å². The summed E-state index contributed by atoms with van der Waals surface area (Å²) in [4.78, 5) is 28.9. The fraction of sp³-hybridized carbons (Fsp3) is 0. The molecule has 26 heavy (non-hydrogen) atoms. The Morgan fingerprint density at radius 1 is 0.500 bits per heavy atom. The number of rotatable bonds is 5. The molecule has 4 aromatic heterocycles. The van der Waals surface area contributed by atoms with Crippen LogP contribution in [0.3, 0.4) is 0 Å². The molecule has 4 rings (SSSR count). The van der Waals surface area contributed by atoms with E-state index in [9.17, 15) is 9.59 Å². The van der Waals surface area contributed by atoms with Gasteiger partial charge in [-0.05, 0) is 48.5 Å². The second-order valence-electron chi connectivity index (χ2n) is 5.27. The summed E-state index contributed by atoms with van der Waals surface area (Å²) in [6.45, 7) is 0. The van der Waals surface area contributed by atoms with E-state index in [1.807, 2.05) is 36.4 Å². The third kappa shape index (κ3) is 3.24. The summed E-state index contributed by atoms with van der Waals surface area (Å²) < 4.78 is 0. The second kappa shape index (κ2) is 6.81. The third-order valence-corrected chi connectivity index (χ3v) is 8.48. The van der Waals surface area contributed by atoms with Crippen molar-refractivity contribution in [3.63, 3.8) is 0 Å². The average molecular weight is 419 g/mol. The Morgan fingerprint density at radius 2 is 0.769 bits per heavy atom. The molecule has 0 unspecified atom stereocenters. The zero-order valence-electron chi connectivity index (χ0n) is 13.0. The molecule has 0 fully saturated rings. The standard InChI is InChI=1S/C18H10O4S4/c19-17(20)15-7-5-13(25-15)11-3-1-9(23-11)10-2-4-12(24-10)14-6-8-16(26-14)18(21)22/h1-8H,(H,19,20)(H,21,22). The summed E-state index contributed by atoms with van der Waals surface area (Å²) in [5.41, 5.74) is 0. The average Bonchev–Trinajstić information content (AvgIpc) is 3.40. The highest BCUT2D eigenvalue weighted by molar-refractivity contribution is 7.28. The maximum atomic E-state index is 11.0. The molecule has 0 aliphatic carbocycles. The molecule has 0 spiro atoms. The number of aromatic carboxylic acids is 2. The number of carboxylic acid groups (broad SMARTS) is 2. The van der Waals surface area contributed by atoms with E-state index in [4.69, 9.17) is 10.2 Å². The van der Waals surface area contributed by atoms with Gasteiger partial charge in [-0.1, -0.05) is 0 Å². The molecule has 4 nitrogen and oxygen atoms in total. The van der Waals surface area contributed by atoms with Gasteiger partial charge in [-0.3, -0.25) is 0 Å². The van der Waals surface area contributed by atoms with Crippen LogP contribution in [0.25, 0.3) is 29.3 Å². The maximum absolute atomic E-state index is 11.0. The van der Waals surface area contributed by atoms with Crippen LogP contribution in [-0.2, 0) is 0 Å². The van der Waals surface area contributed by atoms with Crippen LogP contribution in [0.1, 0.15) is 19.3 Å². The summed E-state index contributed by atoms with van der Waals surface area (Å²) in [5, 5.41) is 18.1. The van der Waals surface area contributed by atoms with Gasteiger partial charge >= 0.3 is 11.9 Å². The van der Waals surface area contributed by atoms with Crippen LogP contribution in [-0.4, -0.2) is 22.2 Å². The highest BCUT2D eigenvalue weighted by Gasteiger charge is 2.14. The SMILES string of the molecule is O=C(O)c1ccc(-c2ccc(-c3ccc(-c4ccc(C(=O)O)s4)s3)s2)s1. The predicted octanol–water partition coefficient (Wildman–Crippen LogP) is 6.33. The van der Waals surface area contributed by atoms with Crippen LogP contribution in [0.2, 0.25) is 0 Å². The van der Waals surface area contributed by atoms with Crippen molar-refractivity contribution < 1.29 is 19.8 Å². The number of thiophene rings is 4. The van der Waals surface area contributed by atoms with Gasteiger partial charge in [0, 0.05) is 29.3 Å². The number of hydrogen-bond acceptors (Lipinski definition) is 6. The van der Waals surface area contributed by atoms with E-state index >= 15 is 0 Å². The molecule has 130 valence electrons. The van der Waals surface area contributed by atoms with E-state index in [0.29, 0.717) is 9.75 Å². The van der Waals surface area contributed by atoms with Gasteiger partial charge in [0.05, 0.1) is 0 Å². The summed E-state index contributed by atoms with van der Waals surface area (Å²) in [6.07, 6.45) is 0. The smallest absolute Gasteiger partial charge is 0.345 e. The first kappa shape index (κ1) is 17.2. The van der Waals surface area contributed by atoms with Crippen LogP contribution in [0.5, 0.6) is 0 Å². The molecular formula is C18H10O4S4. The fourth-order valence-electron chi connectivity index (χ4n) is 2.38. The molecule has 8 heteroatoms. The number of hydrogen-bond donors (Lipinski definition) is 2. The zero-order valence-corrected chi connectivity index (χ0v) is 16.2. The fourth-order valence-corrected chi connectivity index (χ4v) is 6.35. The predicted molar refractivity (Wildman–Crippen MR) is 108 cm³/mol. The number of carbonyl (C=O) groups is 2. The van der Waals surface area contributed by atoms with E-state index in [-0.39, 0.29) is 0 Å². The highest BCUT2D eigenvalue weighted by Crippen LogP contribution is 2.42. The first-order valence-corrected chi connectivity index (χ1v) is 10.6. The van der Waals surface area contributed by atoms with Gasteiger partial charge in [0.25, 0.3) is 0 Å². The molecule has 0 aromatic carbocycles. The topological polar surface area (TPSA) is 74.6 Å². The second-order valence-corrected chi connectivity index (χ2v) is 9.60. The van der Waals surface area contributed by atoms with Gasteiger partial charge in [-0.15, -0.1) is 45.3 Å². The first-order valence-electron chi connectivity index (χ1n) is 7.38. The van der Waals surface area contributed by atoms with Crippen LogP contribution < -0.4 is 0 Å². The van der Waals surface area contributed by atoms with Gasteiger partial charge in [-0.25, -0.2) is 9.59 Å². The number of carboxylic acids is 2. The molecule has 0 saturated heterocycles. The molecule has 0 bridgehead atoms. The van der Waals surface area contributed by atoms with E-state index in [2.05, 4.69) is 0 Å². The van der Waals surface area contributed by atoms with Crippen molar-refractivity contribution in [1.29, 1.82) is 0 Å². The van der Waals surface area contributed by atoms with E-state index in [1.165, 1.54) is 22.7 Å². The summed E-state index contributed by atoms with van der Waals surface area (Å²) in [6, 6.07) is 15.0. The van der Waals surface area contributed by atoms with Crippen LogP contribution in [0, 0.1) is 0 Å². The van der Waals surface area contributed by atoms with Crippen molar-refractivity contribution in [2.45, 2.75) is 0 Å². The molecular weight excluding hydrogens is 408 g/mol. The summed E-state index contributed by atoms with van der Waals surface area (Å²) >= 11 is 5.78. The Labute approximate surface area is 164 Å². The molecule has 0 radical (unpaired) electrons. The van der Waals surface area contributed by atoms with Crippen molar-refractivity contribution in [2.75, 3.05) is 0 Å². The molecule has 4 heterocycles. The minimum atomic E-state index is -0.905. The van der Waals surface area contributed by atoms with Gasteiger partial charge in [0.1, 0.15) is 9.75 Å². The molecule has 0 saturated carbocycles.